The number of ether oxygens (including phenoxy) is 1. The van der Waals surface area contributed by atoms with Crippen molar-refractivity contribution >= 4 is 21.8 Å². The first-order valence-corrected chi connectivity index (χ1v) is 12.0. The molecule has 1 unspecified atom stereocenters. The van der Waals surface area contributed by atoms with E-state index in [1.807, 2.05) is 6.92 Å². The van der Waals surface area contributed by atoms with Crippen molar-refractivity contribution in [1.82, 2.24) is 10.3 Å². The van der Waals surface area contributed by atoms with Crippen molar-refractivity contribution in [2.45, 2.75) is 43.9 Å². The second kappa shape index (κ2) is 10.8. The van der Waals surface area contributed by atoms with Crippen molar-refractivity contribution in [3.05, 3.63) is 58.8 Å². The number of hydrogen-bond acceptors (Lipinski definition) is 6. The van der Waals surface area contributed by atoms with Crippen LogP contribution < -0.4 is 15.8 Å². The zero-order valence-electron chi connectivity index (χ0n) is 18.4. The van der Waals surface area contributed by atoms with Gasteiger partial charge in [0.2, 0.25) is 11.8 Å². The molecule has 180 valence electrons. The molecule has 11 heteroatoms. The van der Waals surface area contributed by atoms with E-state index in [-0.39, 0.29) is 22.9 Å². The Balaban J connectivity index is 2.16. The first-order valence-electron chi connectivity index (χ1n) is 10.1. The van der Waals surface area contributed by atoms with Crippen LogP contribution in [0, 0.1) is 6.92 Å². The Labute approximate surface area is 190 Å². The molecule has 1 aromatic heterocycles. The Bertz CT molecular complexity index is 1130. The Morgan fingerprint density at radius 3 is 2.55 bits per heavy atom. The maximum atomic E-state index is 13.0. The lowest BCUT2D eigenvalue weighted by atomic mass is 10.1. The molecule has 1 aromatic carbocycles. The lowest BCUT2D eigenvalue weighted by molar-refractivity contribution is -0.141. The number of hydrogen-bond donors (Lipinski definition) is 2. The van der Waals surface area contributed by atoms with Crippen LogP contribution in [0.3, 0.4) is 0 Å². The van der Waals surface area contributed by atoms with Gasteiger partial charge in [-0.05, 0) is 48.7 Å². The van der Waals surface area contributed by atoms with Crippen LogP contribution in [-0.4, -0.2) is 32.2 Å². The molecule has 0 saturated carbocycles. The van der Waals surface area contributed by atoms with Gasteiger partial charge in [0.1, 0.15) is 11.9 Å². The van der Waals surface area contributed by atoms with Gasteiger partial charge < -0.3 is 15.8 Å². The van der Waals surface area contributed by atoms with E-state index >= 15 is 0 Å². The molecule has 0 spiro atoms. The van der Waals surface area contributed by atoms with Crippen molar-refractivity contribution in [1.29, 1.82) is 0 Å². The average Bonchev–Trinajstić information content (AvgIpc) is 2.71. The fourth-order valence-electron chi connectivity index (χ4n) is 2.90. The van der Waals surface area contributed by atoms with Crippen LogP contribution in [-0.2, 0) is 20.8 Å². The number of sulfone groups is 1. The van der Waals surface area contributed by atoms with Crippen LogP contribution in [0.5, 0.6) is 5.88 Å². The molecule has 33 heavy (non-hydrogen) atoms. The van der Waals surface area contributed by atoms with E-state index in [9.17, 15) is 26.4 Å². The van der Waals surface area contributed by atoms with Crippen LogP contribution in [0.2, 0.25) is 0 Å². The summed E-state index contributed by atoms with van der Waals surface area (Å²) < 4.78 is 67.8. The third kappa shape index (κ3) is 7.57. The fraction of sp³-hybridized carbons (Fsp3) is 0.364. The number of benzene rings is 1. The third-order valence-corrected chi connectivity index (χ3v) is 5.84. The number of nitrogens with one attached hydrogen (secondary N) is 1. The second-order valence-corrected chi connectivity index (χ2v) is 9.39. The summed E-state index contributed by atoms with van der Waals surface area (Å²) in [6.45, 7) is 3.71. The summed E-state index contributed by atoms with van der Waals surface area (Å²) >= 11 is 0. The molecule has 1 heterocycles. The van der Waals surface area contributed by atoms with Gasteiger partial charge in [0.05, 0.1) is 11.5 Å². The van der Waals surface area contributed by atoms with Gasteiger partial charge in [-0.3, -0.25) is 4.79 Å². The standard InChI is InChI=1S/C22H26F3N3O4S/c1-4-5-12-32-21-15(7-10-18(27-21)22(23,24)25)8-11-19(29)28-20(26)16-6-9-17(14(2)13-16)33(3,30)31/h6-11,13,20H,4-5,12,26H2,1-3H3,(H,28,29). The number of amides is 1. The molecular weight excluding hydrogens is 459 g/mol. The van der Waals surface area contributed by atoms with E-state index < -0.39 is 33.8 Å². The number of nitrogens with zero attached hydrogens (tertiary/aromatic N) is 1. The molecule has 0 aliphatic carbocycles. The fourth-order valence-corrected chi connectivity index (χ4v) is 3.86. The van der Waals surface area contributed by atoms with Gasteiger partial charge in [0.15, 0.2) is 9.84 Å². The van der Waals surface area contributed by atoms with Crippen LogP contribution in [0.25, 0.3) is 6.08 Å². The third-order valence-electron chi connectivity index (χ3n) is 4.59. The monoisotopic (exact) mass is 485 g/mol. The van der Waals surface area contributed by atoms with E-state index in [1.54, 1.807) is 13.0 Å². The van der Waals surface area contributed by atoms with E-state index in [4.69, 9.17) is 10.5 Å². The highest BCUT2D eigenvalue weighted by atomic mass is 32.2. The van der Waals surface area contributed by atoms with E-state index in [2.05, 4.69) is 10.3 Å². The Morgan fingerprint density at radius 2 is 1.97 bits per heavy atom. The number of alkyl halides is 3. The topological polar surface area (TPSA) is 111 Å². The maximum absolute atomic E-state index is 13.0. The zero-order valence-corrected chi connectivity index (χ0v) is 19.3. The van der Waals surface area contributed by atoms with Crippen LogP contribution in [0.1, 0.15) is 48.3 Å². The van der Waals surface area contributed by atoms with Gasteiger partial charge in [-0.15, -0.1) is 0 Å². The van der Waals surface area contributed by atoms with Gasteiger partial charge in [-0.2, -0.15) is 13.2 Å². The summed E-state index contributed by atoms with van der Waals surface area (Å²) in [5, 5.41) is 2.52. The first-order chi connectivity index (χ1) is 15.3. The predicted molar refractivity (Wildman–Crippen MR) is 118 cm³/mol. The predicted octanol–water partition coefficient (Wildman–Crippen LogP) is 3.78. The second-order valence-electron chi connectivity index (χ2n) is 7.41. The van der Waals surface area contributed by atoms with Crippen molar-refractivity contribution in [2.75, 3.05) is 12.9 Å². The van der Waals surface area contributed by atoms with Gasteiger partial charge >= 0.3 is 6.18 Å². The smallest absolute Gasteiger partial charge is 0.433 e. The summed E-state index contributed by atoms with van der Waals surface area (Å²) in [5.41, 5.74) is 6.08. The number of rotatable bonds is 9. The minimum atomic E-state index is -4.62. The quantitative estimate of drug-likeness (QED) is 0.318. The number of nitrogens with two attached hydrogens (primary N) is 1. The number of pyridine rings is 1. The number of carbonyl (C=O) groups is 1. The molecule has 1 amide bonds. The molecule has 3 N–H and O–H groups in total. The lowest BCUT2D eigenvalue weighted by Gasteiger charge is -2.15. The molecule has 1 atom stereocenters. The minimum absolute atomic E-state index is 0.162. The summed E-state index contributed by atoms with van der Waals surface area (Å²) in [6.07, 6.45) is -0.648. The van der Waals surface area contributed by atoms with Crippen LogP contribution in [0.15, 0.2) is 41.3 Å². The molecule has 0 saturated heterocycles. The molecule has 7 nitrogen and oxygen atoms in total. The van der Waals surface area contributed by atoms with Gasteiger partial charge in [0, 0.05) is 17.9 Å². The number of aryl methyl sites for hydroxylation is 1. The lowest BCUT2D eigenvalue weighted by Crippen LogP contribution is -2.33. The highest BCUT2D eigenvalue weighted by Gasteiger charge is 2.33. The summed E-state index contributed by atoms with van der Waals surface area (Å²) in [7, 11) is -3.39. The highest BCUT2D eigenvalue weighted by molar-refractivity contribution is 7.90. The molecule has 0 radical (unpaired) electrons. The van der Waals surface area contributed by atoms with E-state index in [1.165, 1.54) is 24.3 Å². The molecule has 0 aliphatic rings. The van der Waals surface area contributed by atoms with Crippen LogP contribution in [0.4, 0.5) is 13.2 Å². The highest BCUT2D eigenvalue weighted by Crippen LogP contribution is 2.30. The minimum Gasteiger partial charge on any atom is -0.477 e. The van der Waals surface area contributed by atoms with Gasteiger partial charge in [-0.1, -0.05) is 25.5 Å². The van der Waals surface area contributed by atoms with E-state index in [0.717, 1.165) is 24.8 Å². The molecule has 0 bridgehead atoms. The molecule has 2 aromatic rings. The summed E-state index contributed by atoms with van der Waals surface area (Å²) in [4.78, 5) is 16.0. The van der Waals surface area contributed by atoms with Gasteiger partial charge in [0.25, 0.3) is 0 Å². The molecule has 0 aliphatic heterocycles. The zero-order chi connectivity index (χ0) is 24.8. The normalized spacial score (nSPS) is 13.2. The number of aromatic nitrogens is 1. The molecule has 0 fully saturated rings. The first kappa shape index (κ1) is 26.3. The van der Waals surface area contributed by atoms with Crippen molar-refractivity contribution in [3.8, 4) is 5.88 Å². The maximum Gasteiger partial charge on any atom is 0.433 e. The number of unbranched alkanes of at least 4 members (excludes halogenated alkanes) is 1. The average molecular weight is 486 g/mol. The molecule has 2 rings (SSSR count). The van der Waals surface area contributed by atoms with Gasteiger partial charge in [-0.25, -0.2) is 13.4 Å². The number of carbonyl (C=O) groups excluding carboxylic acids is 1. The number of halogens is 3. The summed E-state index contributed by atoms with van der Waals surface area (Å²) in [6, 6.07) is 6.45. The van der Waals surface area contributed by atoms with Crippen LogP contribution >= 0.6 is 0 Å². The Morgan fingerprint density at radius 1 is 1.27 bits per heavy atom. The summed E-state index contributed by atoms with van der Waals surface area (Å²) in [5.74, 6) is -0.828. The van der Waals surface area contributed by atoms with Crippen molar-refractivity contribution in [2.24, 2.45) is 5.73 Å². The van der Waals surface area contributed by atoms with Crippen molar-refractivity contribution in [3.63, 3.8) is 0 Å². The largest absolute Gasteiger partial charge is 0.477 e. The van der Waals surface area contributed by atoms with E-state index in [0.29, 0.717) is 17.5 Å². The molecular formula is C22H26F3N3O4S. The van der Waals surface area contributed by atoms with Crippen molar-refractivity contribution < 1.29 is 31.1 Å². The Kier molecular flexibility index (Phi) is 8.62. The Hall–Kier alpha value is -2.92. The SMILES string of the molecule is CCCCOc1nc(C(F)(F)F)ccc1C=CC(=O)NC(N)c1ccc(S(C)(=O)=O)c(C)c1.